The van der Waals surface area contributed by atoms with Crippen molar-refractivity contribution in [2.24, 2.45) is 0 Å². The molecule has 2 fully saturated rings. The smallest absolute Gasteiger partial charge is 0.169 e. The highest BCUT2D eigenvalue weighted by molar-refractivity contribution is 5.49. The van der Waals surface area contributed by atoms with Crippen molar-refractivity contribution in [3.05, 3.63) is 0 Å². The van der Waals surface area contributed by atoms with Crippen molar-refractivity contribution in [2.75, 3.05) is 26.4 Å². The average molecular weight is 244 g/mol. The molecule has 2 aliphatic rings. The van der Waals surface area contributed by atoms with Crippen LogP contribution in [-0.4, -0.2) is 44.3 Å². The molecule has 0 bridgehead atoms. The molecule has 5 nitrogen and oxygen atoms in total. The van der Waals surface area contributed by atoms with E-state index in [4.69, 9.17) is 18.9 Å². The predicted molar refractivity (Wildman–Crippen MR) is 59.5 cm³/mol. The molecular formula is C12H20O5. The van der Waals surface area contributed by atoms with Crippen LogP contribution in [-0.2, 0) is 23.7 Å². The van der Waals surface area contributed by atoms with Crippen molar-refractivity contribution in [1.29, 1.82) is 0 Å². The van der Waals surface area contributed by atoms with Crippen LogP contribution in [0.15, 0.2) is 0 Å². The van der Waals surface area contributed by atoms with Crippen LogP contribution in [0.2, 0.25) is 0 Å². The van der Waals surface area contributed by atoms with Crippen molar-refractivity contribution < 1.29 is 23.7 Å². The summed E-state index contributed by atoms with van der Waals surface area (Å²) in [4.78, 5) is 10.5. The van der Waals surface area contributed by atoms with Gasteiger partial charge in [-0.05, 0) is 6.92 Å². The van der Waals surface area contributed by atoms with E-state index in [1.165, 1.54) is 0 Å². The highest BCUT2D eigenvalue weighted by atomic mass is 16.7. The molecule has 0 unspecified atom stereocenters. The number of aldehydes is 1. The van der Waals surface area contributed by atoms with Gasteiger partial charge in [0.05, 0.1) is 26.4 Å². The van der Waals surface area contributed by atoms with Gasteiger partial charge in [0.25, 0.3) is 0 Å². The van der Waals surface area contributed by atoms with Gasteiger partial charge in [0, 0.05) is 25.7 Å². The summed E-state index contributed by atoms with van der Waals surface area (Å²) in [7, 11) is 0. The van der Waals surface area contributed by atoms with Gasteiger partial charge in [-0.2, -0.15) is 0 Å². The lowest BCUT2D eigenvalue weighted by molar-refractivity contribution is -0.200. The van der Waals surface area contributed by atoms with E-state index in [1.807, 2.05) is 6.92 Å². The minimum Gasteiger partial charge on any atom is -0.348 e. The molecule has 2 aliphatic heterocycles. The molecule has 0 amide bonds. The molecule has 2 saturated heterocycles. The van der Waals surface area contributed by atoms with E-state index in [2.05, 4.69) is 0 Å². The van der Waals surface area contributed by atoms with Gasteiger partial charge in [-0.15, -0.1) is 0 Å². The molecule has 0 N–H and O–H groups in total. The molecule has 0 spiro atoms. The Morgan fingerprint density at radius 2 is 1.53 bits per heavy atom. The van der Waals surface area contributed by atoms with Crippen LogP contribution in [0.1, 0.15) is 32.6 Å². The number of rotatable bonds is 6. The second-order valence-electron chi connectivity index (χ2n) is 4.64. The Bertz CT molecular complexity index is 254. The zero-order valence-corrected chi connectivity index (χ0v) is 10.3. The molecular weight excluding hydrogens is 224 g/mol. The van der Waals surface area contributed by atoms with Crippen molar-refractivity contribution in [3.63, 3.8) is 0 Å². The summed E-state index contributed by atoms with van der Waals surface area (Å²) in [5, 5.41) is 0. The molecule has 0 aliphatic carbocycles. The lowest BCUT2D eigenvalue weighted by Gasteiger charge is -2.30. The average Bonchev–Trinajstić information content (AvgIpc) is 2.95. The van der Waals surface area contributed by atoms with Crippen LogP contribution in [0.4, 0.5) is 0 Å². The summed E-state index contributed by atoms with van der Waals surface area (Å²) in [6.45, 7) is 4.40. The molecule has 2 rings (SSSR count). The molecule has 0 aromatic rings. The van der Waals surface area contributed by atoms with Crippen LogP contribution in [0.25, 0.3) is 0 Å². The second-order valence-corrected chi connectivity index (χ2v) is 4.64. The van der Waals surface area contributed by atoms with Gasteiger partial charge in [-0.3, -0.25) is 0 Å². The van der Waals surface area contributed by atoms with Crippen LogP contribution < -0.4 is 0 Å². The molecule has 0 aromatic heterocycles. The summed E-state index contributed by atoms with van der Waals surface area (Å²) >= 11 is 0. The van der Waals surface area contributed by atoms with E-state index in [0.29, 0.717) is 52.1 Å². The highest BCUT2D eigenvalue weighted by Gasteiger charge is 2.40. The van der Waals surface area contributed by atoms with Gasteiger partial charge in [-0.25, -0.2) is 0 Å². The zero-order valence-electron chi connectivity index (χ0n) is 10.3. The number of ether oxygens (including phenoxy) is 4. The fourth-order valence-corrected chi connectivity index (χ4v) is 2.31. The lowest BCUT2D eigenvalue weighted by Crippen LogP contribution is -2.35. The van der Waals surface area contributed by atoms with E-state index >= 15 is 0 Å². The van der Waals surface area contributed by atoms with Crippen molar-refractivity contribution in [3.8, 4) is 0 Å². The predicted octanol–water partition coefficient (Wildman–Crippen LogP) is 1.25. The Hall–Kier alpha value is -0.490. The molecule has 0 radical (unpaired) electrons. The molecule has 0 saturated carbocycles. The van der Waals surface area contributed by atoms with E-state index in [9.17, 15) is 4.79 Å². The maximum Gasteiger partial charge on any atom is 0.169 e. The monoisotopic (exact) mass is 244 g/mol. The minimum atomic E-state index is -0.612. The third-order valence-corrected chi connectivity index (χ3v) is 3.31. The van der Waals surface area contributed by atoms with Gasteiger partial charge in [-0.1, -0.05) is 0 Å². The number of carbonyl (C=O) groups is 1. The van der Waals surface area contributed by atoms with E-state index < -0.39 is 11.6 Å². The maximum absolute atomic E-state index is 10.5. The minimum absolute atomic E-state index is 0.457. The van der Waals surface area contributed by atoms with E-state index in [1.54, 1.807) is 0 Å². The van der Waals surface area contributed by atoms with Gasteiger partial charge in [0.15, 0.2) is 11.6 Å². The third kappa shape index (κ3) is 3.25. The Morgan fingerprint density at radius 1 is 0.941 bits per heavy atom. The topological polar surface area (TPSA) is 54.0 Å². The van der Waals surface area contributed by atoms with Crippen LogP contribution in [0, 0.1) is 0 Å². The summed E-state index contributed by atoms with van der Waals surface area (Å²) in [5.74, 6) is -1.14. The summed E-state index contributed by atoms with van der Waals surface area (Å²) in [6.07, 6.45) is 3.37. The number of carbonyl (C=O) groups excluding carboxylic acids is 1. The van der Waals surface area contributed by atoms with Crippen molar-refractivity contribution in [2.45, 2.75) is 44.2 Å². The van der Waals surface area contributed by atoms with Crippen LogP contribution >= 0.6 is 0 Å². The fraction of sp³-hybridized carbons (Fsp3) is 0.917. The summed E-state index contributed by atoms with van der Waals surface area (Å²) < 4.78 is 22.4. The summed E-state index contributed by atoms with van der Waals surface area (Å²) in [6, 6.07) is 0. The van der Waals surface area contributed by atoms with Gasteiger partial charge >= 0.3 is 0 Å². The normalized spacial score (nSPS) is 26.2. The van der Waals surface area contributed by atoms with Crippen LogP contribution in [0.3, 0.4) is 0 Å². The molecule has 2 heterocycles. The Morgan fingerprint density at radius 3 is 2.12 bits per heavy atom. The first-order valence-corrected chi connectivity index (χ1v) is 6.18. The third-order valence-electron chi connectivity index (χ3n) is 3.31. The van der Waals surface area contributed by atoms with Crippen molar-refractivity contribution >= 4 is 6.29 Å². The van der Waals surface area contributed by atoms with Crippen LogP contribution in [0.5, 0.6) is 0 Å². The van der Waals surface area contributed by atoms with Gasteiger partial charge in [0.2, 0.25) is 0 Å². The van der Waals surface area contributed by atoms with Gasteiger partial charge < -0.3 is 23.7 Å². The highest BCUT2D eigenvalue weighted by Crippen LogP contribution is 2.34. The number of hydrogen-bond donors (Lipinski definition) is 0. The fourth-order valence-electron chi connectivity index (χ4n) is 2.31. The van der Waals surface area contributed by atoms with E-state index in [-0.39, 0.29) is 0 Å². The SMILES string of the molecule is CC1(CCC2(CCC=O)OCCO2)OCCO1. The molecule has 17 heavy (non-hydrogen) atoms. The Balaban J connectivity index is 1.86. The second kappa shape index (κ2) is 5.44. The Labute approximate surface area is 101 Å². The first-order chi connectivity index (χ1) is 8.18. The molecule has 98 valence electrons. The molecule has 0 aromatic carbocycles. The lowest BCUT2D eigenvalue weighted by atomic mass is 10.0. The first-order valence-electron chi connectivity index (χ1n) is 6.18. The van der Waals surface area contributed by atoms with Gasteiger partial charge in [0.1, 0.15) is 6.29 Å². The first kappa shape index (κ1) is 13.0. The van der Waals surface area contributed by atoms with E-state index in [0.717, 1.165) is 6.29 Å². The molecule has 0 atom stereocenters. The zero-order chi connectivity index (χ0) is 12.2. The quantitative estimate of drug-likeness (QED) is 0.658. The van der Waals surface area contributed by atoms with Crippen molar-refractivity contribution in [1.82, 2.24) is 0 Å². The standard InChI is InChI=1S/C12H20O5/c1-11(14-7-8-15-11)4-5-12(3-2-6-13)16-9-10-17-12/h6H,2-5,7-10H2,1H3. The molecule has 5 heteroatoms. The summed E-state index contributed by atoms with van der Waals surface area (Å²) in [5.41, 5.74) is 0. The largest absolute Gasteiger partial charge is 0.348 e. The Kier molecular flexibility index (Phi) is 4.14. The maximum atomic E-state index is 10.5. The number of hydrogen-bond acceptors (Lipinski definition) is 5.